The fourth-order valence-corrected chi connectivity index (χ4v) is 2.14. The van der Waals surface area contributed by atoms with E-state index in [0.29, 0.717) is 0 Å². The van der Waals surface area contributed by atoms with Crippen molar-refractivity contribution in [3.05, 3.63) is 58.4 Å². The molecule has 0 aliphatic heterocycles. The van der Waals surface area contributed by atoms with E-state index in [9.17, 15) is 0 Å². The molecule has 0 spiro atoms. The van der Waals surface area contributed by atoms with Crippen LogP contribution in [0.2, 0.25) is 0 Å². The summed E-state index contributed by atoms with van der Waals surface area (Å²) in [6, 6.07) is 10.6. The Labute approximate surface area is 114 Å². The average molecular weight is 256 g/mol. The van der Waals surface area contributed by atoms with Gasteiger partial charge in [-0.3, -0.25) is 11.3 Å². The van der Waals surface area contributed by atoms with E-state index in [1.54, 1.807) is 0 Å². The van der Waals surface area contributed by atoms with Gasteiger partial charge in [-0.05, 0) is 44.4 Å². The summed E-state index contributed by atoms with van der Waals surface area (Å²) in [6.07, 6.45) is 0.836. The molecule has 3 N–H and O–H groups in total. The van der Waals surface area contributed by atoms with Crippen LogP contribution in [0.5, 0.6) is 0 Å². The van der Waals surface area contributed by atoms with Crippen LogP contribution < -0.4 is 11.3 Å². The molecule has 0 radical (unpaired) electrons. The molecule has 1 atom stereocenters. The number of aryl methyl sites for hydroxylation is 3. The first-order chi connectivity index (χ1) is 9.10. The molecule has 2 aromatic rings. The highest BCUT2D eigenvalue weighted by Gasteiger charge is 2.14. The molecule has 100 valence electrons. The third-order valence-electron chi connectivity index (χ3n) is 3.28. The van der Waals surface area contributed by atoms with Crippen molar-refractivity contribution < 1.29 is 0 Å². The quantitative estimate of drug-likeness (QED) is 0.650. The monoisotopic (exact) mass is 256 g/mol. The van der Waals surface area contributed by atoms with Crippen molar-refractivity contribution in [2.24, 2.45) is 5.84 Å². The van der Waals surface area contributed by atoms with E-state index in [-0.39, 0.29) is 6.04 Å². The minimum absolute atomic E-state index is 0.0527. The maximum atomic E-state index is 5.70. The normalized spacial score (nSPS) is 12.4. The van der Waals surface area contributed by atoms with Gasteiger partial charge in [-0.1, -0.05) is 29.8 Å². The van der Waals surface area contributed by atoms with E-state index < -0.39 is 0 Å². The topological polar surface area (TPSA) is 63.8 Å². The fourth-order valence-electron chi connectivity index (χ4n) is 2.14. The first-order valence-electron chi connectivity index (χ1n) is 6.42. The van der Waals surface area contributed by atoms with Gasteiger partial charge in [0, 0.05) is 0 Å². The zero-order valence-electron chi connectivity index (χ0n) is 11.6. The molecule has 2 rings (SSSR count). The minimum atomic E-state index is 0.0527. The standard InChI is InChI=1S/C15H20N4/c1-10-4-6-13(7-5-10)9-15(17-16)14-8-11(2)18-19-12(14)3/h4-8,15,17H,9,16H2,1-3H3. The van der Waals surface area contributed by atoms with E-state index in [4.69, 9.17) is 5.84 Å². The maximum Gasteiger partial charge on any atom is 0.0648 e. The van der Waals surface area contributed by atoms with Gasteiger partial charge in [-0.2, -0.15) is 10.2 Å². The Balaban J connectivity index is 2.24. The van der Waals surface area contributed by atoms with E-state index in [1.807, 2.05) is 19.9 Å². The minimum Gasteiger partial charge on any atom is -0.271 e. The van der Waals surface area contributed by atoms with Crippen molar-refractivity contribution in [2.45, 2.75) is 33.2 Å². The average Bonchev–Trinajstić information content (AvgIpc) is 2.41. The number of benzene rings is 1. The van der Waals surface area contributed by atoms with Crippen LogP contribution in [-0.2, 0) is 6.42 Å². The molecule has 0 aliphatic carbocycles. The number of nitrogens with two attached hydrogens (primary N) is 1. The molecule has 4 nitrogen and oxygen atoms in total. The van der Waals surface area contributed by atoms with Crippen LogP contribution in [0.15, 0.2) is 30.3 Å². The summed E-state index contributed by atoms with van der Waals surface area (Å²) < 4.78 is 0. The van der Waals surface area contributed by atoms with Gasteiger partial charge in [-0.25, -0.2) is 0 Å². The number of hydrogen-bond acceptors (Lipinski definition) is 4. The Bertz CT molecular complexity index is 549. The van der Waals surface area contributed by atoms with Gasteiger partial charge < -0.3 is 0 Å². The van der Waals surface area contributed by atoms with Gasteiger partial charge in [0.05, 0.1) is 17.4 Å². The van der Waals surface area contributed by atoms with Crippen molar-refractivity contribution in [3.63, 3.8) is 0 Å². The Hall–Kier alpha value is -1.78. The van der Waals surface area contributed by atoms with Crippen LogP contribution >= 0.6 is 0 Å². The second-order valence-corrected chi connectivity index (χ2v) is 4.94. The summed E-state index contributed by atoms with van der Waals surface area (Å²) >= 11 is 0. The summed E-state index contributed by atoms with van der Waals surface area (Å²) in [5, 5.41) is 8.21. The van der Waals surface area contributed by atoms with E-state index in [0.717, 1.165) is 23.4 Å². The fraction of sp³-hybridized carbons (Fsp3) is 0.333. The Morgan fingerprint density at radius 2 is 1.79 bits per heavy atom. The van der Waals surface area contributed by atoms with Crippen LogP contribution in [-0.4, -0.2) is 10.2 Å². The number of nitrogens with zero attached hydrogens (tertiary/aromatic N) is 2. The first-order valence-corrected chi connectivity index (χ1v) is 6.42. The Kier molecular flexibility index (Phi) is 4.24. The molecule has 0 saturated heterocycles. The summed E-state index contributed by atoms with van der Waals surface area (Å²) in [5.74, 6) is 5.70. The van der Waals surface area contributed by atoms with Crippen molar-refractivity contribution in [1.29, 1.82) is 0 Å². The summed E-state index contributed by atoms with van der Waals surface area (Å²) in [7, 11) is 0. The Morgan fingerprint density at radius 1 is 1.11 bits per heavy atom. The maximum absolute atomic E-state index is 5.70. The van der Waals surface area contributed by atoms with Crippen LogP contribution in [0.1, 0.15) is 34.1 Å². The van der Waals surface area contributed by atoms with Gasteiger partial charge in [-0.15, -0.1) is 0 Å². The molecule has 1 unspecified atom stereocenters. The predicted molar refractivity (Wildman–Crippen MR) is 76.5 cm³/mol. The van der Waals surface area contributed by atoms with E-state index in [2.05, 4.69) is 46.8 Å². The second kappa shape index (κ2) is 5.91. The molecule has 0 saturated carbocycles. The molecule has 0 amide bonds. The lowest BCUT2D eigenvalue weighted by molar-refractivity contribution is 0.544. The molecule has 1 heterocycles. The smallest absolute Gasteiger partial charge is 0.0648 e. The lowest BCUT2D eigenvalue weighted by Crippen LogP contribution is -2.30. The van der Waals surface area contributed by atoms with Crippen molar-refractivity contribution in [3.8, 4) is 0 Å². The summed E-state index contributed by atoms with van der Waals surface area (Å²) in [5.41, 5.74) is 8.33. The number of aromatic nitrogens is 2. The molecule has 0 fully saturated rings. The zero-order valence-corrected chi connectivity index (χ0v) is 11.6. The molecule has 1 aromatic carbocycles. The molecule has 0 bridgehead atoms. The van der Waals surface area contributed by atoms with Crippen molar-refractivity contribution in [2.75, 3.05) is 0 Å². The molecular weight excluding hydrogens is 236 g/mol. The lowest BCUT2D eigenvalue weighted by atomic mass is 9.98. The molecule has 19 heavy (non-hydrogen) atoms. The number of rotatable bonds is 4. The largest absolute Gasteiger partial charge is 0.271 e. The second-order valence-electron chi connectivity index (χ2n) is 4.94. The summed E-state index contributed by atoms with van der Waals surface area (Å²) in [4.78, 5) is 0. The highest BCUT2D eigenvalue weighted by Crippen LogP contribution is 2.20. The van der Waals surface area contributed by atoms with Gasteiger partial charge in [0.15, 0.2) is 0 Å². The third-order valence-corrected chi connectivity index (χ3v) is 3.28. The number of hydrazine groups is 1. The predicted octanol–water partition coefficient (Wildman–Crippen LogP) is 2.15. The van der Waals surface area contributed by atoms with Crippen LogP contribution in [0.4, 0.5) is 0 Å². The first kappa shape index (κ1) is 13.6. The summed E-state index contributed by atoms with van der Waals surface area (Å²) in [6.45, 7) is 5.99. The molecule has 0 aliphatic rings. The van der Waals surface area contributed by atoms with Gasteiger partial charge in [0.25, 0.3) is 0 Å². The molecular formula is C15H20N4. The molecule has 4 heteroatoms. The SMILES string of the molecule is Cc1ccc(CC(NN)c2cc(C)nnc2C)cc1. The Morgan fingerprint density at radius 3 is 2.42 bits per heavy atom. The third kappa shape index (κ3) is 3.36. The molecule has 1 aromatic heterocycles. The van der Waals surface area contributed by atoms with Crippen LogP contribution in [0.25, 0.3) is 0 Å². The van der Waals surface area contributed by atoms with Crippen molar-refractivity contribution >= 4 is 0 Å². The zero-order chi connectivity index (χ0) is 13.8. The van der Waals surface area contributed by atoms with E-state index in [1.165, 1.54) is 11.1 Å². The van der Waals surface area contributed by atoms with Crippen molar-refractivity contribution in [1.82, 2.24) is 15.6 Å². The lowest BCUT2D eigenvalue weighted by Gasteiger charge is -2.18. The number of hydrogen-bond donors (Lipinski definition) is 2. The highest BCUT2D eigenvalue weighted by molar-refractivity contribution is 5.28. The van der Waals surface area contributed by atoms with E-state index >= 15 is 0 Å². The highest BCUT2D eigenvalue weighted by atomic mass is 15.2. The van der Waals surface area contributed by atoms with Crippen LogP contribution in [0.3, 0.4) is 0 Å². The number of nitrogens with one attached hydrogen (secondary N) is 1. The van der Waals surface area contributed by atoms with Crippen LogP contribution in [0, 0.1) is 20.8 Å². The van der Waals surface area contributed by atoms with Gasteiger partial charge in [0.1, 0.15) is 0 Å². The van der Waals surface area contributed by atoms with Gasteiger partial charge in [0.2, 0.25) is 0 Å². The van der Waals surface area contributed by atoms with Gasteiger partial charge >= 0.3 is 0 Å².